The predicted octanol–water partition coefficient (Wildman–Crippen LogP) is 2.09. The molecule has 0 heterocycles. The third kappa shape index (κ3) is 4.38. The van der Waals surface area contributed by atoms with Gasteiger partial charge >= 0.3 is 6.09 Å². The van der Waals surface area contributed by atoms with Crippen molar-refractivity contribution in [3.63, 3.8) is 0 Å². The topological polar surface area (TPSA) is 58.6 Å². The van der Waals surface area contributed by atoms with E-state index in [4.69, 9.17) is 5.11 Å². The van der Waals surface area contributed by atoms with Crippen LogP contribution in [0.2, 0.25) is 0 Å². The molecule has 1 atom stereocenters. The lowest BCUT2D eigenvalue weighted by molar-refractivity contribution is 0.137. The highest BCUT2D eigenvalue weighted by atomic mass is 16.5. The Morgan fingerprint density at radius 3 is 2.65 bits per heavy atom. The van der Waals surface area contributed by atoms with Gasteiger partial charge < -0.3 is 15.2 Å². The van der Waals surface area contributed by atoms with Crippen LogP contribution in [-0.2, 0) is 4.74 Å². The van der Waals surface area contributed by atoms with Crippen LogP contribution in [0.4, 0.5) is 4.79 Å². The molecule has 1 fully saturated rings. The lowest BCUT2D eigenvalue weighted by atomic mass is 9.78. The molecule has 1 saturated carbocycles. The normalized spacial score (nSPS) is 26.0. The standard InChI is InChI=1S/C13H23NO3/c1-3-4-12(14-13(16)17-2)11-7-5-10(9-15)6-8-11/h3,10-12,15H,1,4-9H2,2H3,(H,14,16)/t10?,11?,12-/m0/s1. The van der Waals surface area contributed by atoms with E-state index in [1.54, 1.807) is 0 Å². The molecule has 17 heavy (non-hydrogen) atoms. The van der Waals surface area contributed by atoms with Crippen molar-refractivity contribution >= 4 is 6.09 Å². The molecule has 4 heteroatoms. The maximum Gasteiger partial charge on any atom is 0.407 e. The highest BCUT2D eigenvalue weighted by molar-refractivity contribution is 5.67. The summed E-state index contributed by atoms with van der Waals surface area (Å²) in [4.78, 5) is 11.3. The van der Waals surface area contributed by atoms with E-state index in [0.29, 0.717) is 11.8 Å². The molecule has 1 aliphatic carbocycles. The molecule has 0 aromatic rings. The number of alkyl carbamates (subject to hydrolysis) is 1. The highest BCUT2D eigenvalue weighted by Crippen LogP contribution is 2.31. The Kier molecular flexibility index (Phi) is 6.05. The minimum atomic E-state index is -0.374. The van der Waals surface area contributed by atoms with Crippen molar-refractivity contribution in [3.05, 3.63) is 12.7 Å². The van der Waals surface area contributed by atoms with Gasteiger partial charge in [-0.15, -0.1) is 6.58 Å². The van der Waals surface area contributed by atoms with Crippen LogP contribution < -0.4 is 5.32 Å². The van der Waals surface area contributed by atoms with E-state index in [1.807, 2.05) is 6.08 Å². The second-order valence-electron chi connectivity index (χ2n) is 4.73. The van der Waals surface area contributed by atoms with Crippen LogP contribution >= 0.6 is 0 Å². The first-order chi connectivity index (χ1) is 8.21. The van der Waals surface area contributed by atoms with Gasteiger partial charge in [0.05, 0.1) is 7.11 Å². The quantitative estimate of drug-likeness (QED) is 0.725. The average Bonchev–Trinajstić information content (AvgIpc) is 2.38. The number of methoxy groups -OCH3 is 1. The zero-order chi connectivity index (χ0) is 12.7. The number of nitrogens with one attached hydrogen (secondary N) is 1. The fraction of sp³-hybridized carbons (Fsp3) is 0.769. The van der Waals surface area contributed by atoms with Crippen LogP contribution in [-0.4, -0.2) is 31.0 Å². The van der Waals surface area contributed by atoms with Gasteiger partial charge in [-0.05, 0) is 43.9 Å². The Balaban J connectivity index is 2.47. The molecule has 0 bridgehead atoms. The number of carbonyl (C=O) groups is 1. The van der Waals surface area contributed by atoms with Crippen molar-refractivity contribution < 1.29 is 14.6 Å². The molecule has 1 amide bonds. The maximum atomic E-state index is 11.3. The Labute approximate surface area is 103 Å². The molecule has 1 aliphatic rings. The largest absolute Gasteiger partial charge is 0.453 e. The molecule has 0 aromatic carbocycles. The molecular weight excluding hydrogens is 218 g/mol. The van der Waals surface area contributed by atoms with Gasteiger partial charge in [-0.25, -0.2) is 4.79 Å². The number of amides is 1. The molecule has 2 N–H and O–H groups in total. The lowest BCUT2D eigenvalue weighted by Gasteiger charge is -2.33. The molecule has 0 radical (unpaired) electrons. The Hall–Kier alpha value is -1.03. The summed E-state index contributed by atoms with van der Waals surface area (Å²) in [5, 5.41) is 12.0. The summed E-state index contributed by atoms with van der Waals surface area (Å²) in [5.41, 5.74) is 0. The molecule has 4 nitrogen and oxygen atoms in total. The van der Waals surface area contributed by atoms with Gasteiger partial charge in [-0.3, -0.25) is 0 Å². The van der Waals surface area contributed by atoms with Crippen molar-refractivity contribution in [1.82, 2.24) is 5.32 Å². The molecule has 98 valence electrons. The van der Waals surface area contributed by atoms with Crippen LogP contribution in [0.5, 0.6) is 0 Å². The minimum Gasteiger partial charge on any atom is -0.453 e. The van der Waals surface area contributed by atoms with E-state index in [9.17, 15) is 4.79 Å². The molecule has 0 spiro atoms. The van der Waals surface area contributed by atoms with Gasteiger partial charge in [0.2, 0.25) is 0 Å². The molecule has 0 aliphatic heterocycles. The maximum absolute atomic E-state index is 11.3. The van der Waals surface area contributed by atoms with E-state index in [0.717, 1.165) is 32.1 Å². The summed E-state index contributed by atoms with van der Waals surface area (Å²) in [6, 6.07) is 0.111. The second kappa shape index (κ2) is 7.33. The van der Waals surface area contributed by atoms with Crippen LogP contribution in [0.1, 0.15) is 32.1 Å². The van der Waals surface area contributed by atoms with Crippen LogP contribution in [0.15, 0.2) is 12.7 Å². The third-order valence-electron chi connectivity index (χ3n) is 3.63. The zero-order valence-electron chi connectivity index (χ0n) is 10.5. The number of hydrogen-bond donors (Lipinski definition) is 2. The number of aliphatic hydroxyl groups is 1. The summed E-state index contributed by atoms with van der Waals surface area (Å²) in [5.74, 6) is 0.906. The van der Waals surface area contributed by atoms with E-state index < -0.39 is 0 Å². The number of aliphatic hydroxyl groups excluding tert-OH is 1. The van der Waals surface area contributed by atoms with Gasteiger partial charge in [0.25, 0.3) is 0 Å². The fourth-order valence-corrected chi connectivity index (χ4v) is 2.53. The zero-order valence-corrected chi connectivity index (χ0v) is 10.5. The average molecular weight is 241 g/mol. The first-order valence-corrected chi connectivity index (χ1v) is 6.27. The van der Waals surface area contributed by atoms with Crippen LogP contribution in [0.25, 0.3) is 0 Å². The molecule has 0 aromatic heterocycles. The van der Waals surface area contributed by atoms with E-state index >= 15 is 0 Å². The van der Waals surface area contributed by atoms with E-state index in [-0.39, 0.29) is 18.7 Å². The van der Waals surface area contributed by atoms with E-state index in [2.05, 4.69) is 16.6 Å². The highest BCUT2D eigenvalue weighted by Gasteiger charge is 2.27. The monoisotopic (exact) mass is 241 g/mol. The van der Waals surface area contributed by atoms with Crippen molar-refractivity contribution in [2.24, 2.45) is 11.8 Å². The predicted molar refractivity (Wildman–Crippen MR) is 66.7 cm³/mol. The van der Waals surface area contributed by atoms with Crippen LogP contribution in [0.3, 0.4) is 0 Å². The fourth-order valence-electron chi connectivity index (χ4n) is 2.53. The molecule has 1 rings (SSSR count). The summed E-state index contributed by atoms with van der Waals surface area (Å²) < 4.78 is 4.64. The van der Waals surface area contributed by atoms with Crippen molar-refractivity contribution in [2.45, 2.75) is 38.1 Å². The Morgan fingerprint density at radius 1 is 1.53 bits per heavy atom. The van der Waals surface area contributed by atoms with Crippen LogP contribution in [0, 0.1) is 11.8 Å². The summed E-state index contributed by atoms with van der Waals surface area (Å²) in [6.07, 6.45) is 6.40. The SMILES string of the molecule is C=CC[C@H](NC(=O)OC)C1CCC(CO)CC1. The number of hydrogen-bond acceptors (Lipinski definition) is 3. The van der Waals surface area contributed by atoms with Gasteiger partial charge in [-0.1, -0.05) is 6.08 Å². The minimum absolute atomic E-state index is 0.111. The number of carbonyl (C=O) groups excluding carboxylic acids is 1. The summed E-state index contributed by atoms with van der Waals surface area (Å²) >= 11 is 0. The Morgan fingerprint density at radius 2 is 2.18 bits per heavy atom. The van der Waals surface area contributed by atoms with Crippen molar-refractivity contribution in [3.8, 4) is 0 Å². The number of ether oxygens (including phenoxy) is 1. The summed E-state index contributed by atoms with van der Waals surface area (Å²) in [7, 11) is 1.38. The van der Waals surface area contributed by atoms with Gasteiger partial charge in [0.1, 0.15) is 0 Å². The van der Waals surface area contributed by atoms with Crippen molar-refractivity contribution in [2.75, 3.05) is 13.7 Å². The first kappa shape index (κ1) is 14.0. The van der Waals surface area contributed by atoms with Gasteiger partial charge in [0.15, 0.2) is 0 Å². The van der Waals surface area contributed by atoms with Gasteiger partial charge in [0, 0.05) is 12.6 Å². The Bertz CT molecular complexity index is 247. The second-order valence-corrected chi connectivity index (χ2v) is 4.73. The molecule has 0 unspecified atom stereocenters. The smallest absolute Gasteiger partial charge is 0.407 e. The number of rotatable bonds is 5. The molecule has 0 saturated heterocycles. The summed E-state index contributed by atoms with van der Waals surface area (Å²) in [6.45, 7) is 4.01. The van der Waals surface area contributed by atoms with Gasteiger partial charge in [-0.2, -0.15) is 0 Å². The molecular formula is C13H23NO3. The lowest BCUT2D eigenvalue weighted by Crippen LogP contribution is -2.41. The third-order valence-corrected chi connectivity index (χ3v) is 3.63. The first-order valence-electron chi connectivity index (χ1n) is 6.27. The van der Waals surface area contributed by atoms with Crippen molar-refractivity contribution in [1.29, 1.82) is 0 Å². The van der Waals surface area contributed by atoms with E-state index in [1.165, 1.54) is 7.11 Å².